The minimum absolute atomic E-state index is 0.000264. The Balaban J connectivity index is 1.12. The first-order valence-corrected chi connectivity index (χ1v) is 19.9. The van der Waals surface area contributed by atoms with Gasteiger partial charge in [-0.2, -0.15) is 13.0 Å². The van der Waals surface area contributed by atoms with Crippen LogP contribution in [0.3, 0.4) is 0 Å². The number of rotatable bonds is 17. The zero-order chi connectivity index (χ0) is 39.4. The number of aromatic nitrogens is 4. The second kappa shape index (κ2) is 16.8. The lowest BCUT2D eigenvalue weighted by atomic mass is 10.1. The van der Waals surface area contributed by atoms with E-state index < -0.39 is 88.6 Å². The third-order valence-corrected chi connectivity index (χ3v) is 11.3. The van der Waals surface area contributed by atoms with Crippen LogP contribution in [0.25, 0.3) is 22.1 Å². The molecule has 1 aliphatic heterocycles. The summed E-state index contributed by atoms with van der Waals surface area (Å²) in [5, 5.41) is 11.6. The van der Waals surface area contributed by atoms with E-state index in [4.69, 9.17) is 33.9 Å². The molecule has 294 valence electrons. The van der Waals surface area contributed by atoms with Gasteiger partial charge in [0.1, 0.15) is 29.7 Å². The topological polar surface area (TPSA) is 327 Å². The van der Waals surface area contributed by atoms with Crippen LogP contribution in [0.2, 0.25) is 0 Å². The van der Waals surface area contributed by atoms with Gasteiger partial charge in [-0.15, -0.1) is 0 Å². The van der Waals surface area contributed by atoms with Gasteiger partial charge in [0.25, 0.3) is 5.91 Å². The molecule has 1 aliphatic rings. The number of nitrogens with one attached hydrogen (secondary N) is 1. The predicted molar refractivity (Wildman–Crippen MR) is 177 cm³/mol. The number of unbranched alkanes of at least 4 members (excludes halogenated alkanes) is 2. The Hall–Kier alpha value is -4.02. The van der Waals surface area contributed by atoms with Crippen molar-refractivity contribution in [1.29, 1.82) is 0 Å². The lowest BCUT2D eigenvalue weighted by molar-refractivity contribution is -0.0551. The summed E-state index contributed by atoms with van der Waals surface area (Å²) in [5.41, 5.74) is 4.06. The third kappa shape index (κ3) is 10.4. The Morgan fingerprint density at radius 2 is 1.83 bits per heavy atom. The molecular formula is C27H31F2N6O16P3. The average Bonchev–Trinajstić information content (AvgIpc) is 3.69. The van der Waals surface area contributed by atoms with Crippen LogP contribution in [-0.2, 0) is 36.3 Å². The summed E-state index contributed by atoms with van der Waals surface area (Å²) in [4.78, 5) is 73.7. The number of allylic oxidation sites excluding steroid dienone is 1. The van der Waals surface area contributed by atoms with Crippen LogP contribution in [0, 0.1) is 11.6 Å². The molecule has 4 aromatic rings. The van der Waals surface area contributed by atoms with Crippen LogP contribution < -0.4 is 16.7 Å². The maximum absolute atomic E-state index is 14.0. The summed E-state index contributed by atoms with van der Waals surface area (Å²) >= 11 is 0. The Morgan fingerprint density at radius 3 is 2.57 bits per heavy atom. The zero-order valence-electron chi connectivity index (χ0n) is 27.3. The lowest BCUT2D eigenvalue weighted by Gasteiger charge is -2.21. The number of carbonyl (C=O) groups is 1. The molecule has 27 heteroatoms. The molecule has 1 aromatic carbocycles. The highest BCUT2D eigenvalue weighted by Crippen LogP contribution is 2.66. The smallest absolute Gasteiger partial charge is 0.490 e. The summed E-state index contributed by atoms with van der Waals surface area (Å²) < 4.78 is 93.1. The number of nitrogen functional groups attached to an aromatic ring is 1. The quantitative estimate of drug-likeness (QED) is 0.0348. The van der Waals surface area contributed by atoms with Crippen LogP contribution in [0.1, 0.15) is 42.3 Å². The summed E-state index contributed by atoms with van der Waals surface area (Å²) in [6.45, 7) is -0.640. The van der Waals surface area contributed by atoms with Crippen LogP contribution >= 0.6 is 23.5 Å². The molecule has 5 rings (SSSR count). The molecule has 4 heterocycles. The highest BCUT2D eigenvalue weighted by molar-refractivity contribution is 7.66. The largest absolute Gasteiger partial charge is 0.503 e. The van der Waals surface area contributed by atoms with Crippen molar-refractivity contribution in [2.75, 3.05) is 25.5 Å². The zero-order valence-corrected chi connectivity index (χ0v) is 30.0. The van der Waals surface area contributed by atoms with Crippen LogP contribution in [0.15, 0.2) is 46.2 Å². The third-order valence-electron chi connectivity index (χ3n) is 7.49. The van der Waals surface area contributed by atoms with Gasteiger partial charge in [0.05, 0.1) is 25.6 Å². The Morgan fingerprint density at radius 1 is 1.07 bits per heavy atom. The number of ether oxygens (including phenoxy) is 2. The van der Waals surface area contributed by atoms with E-state index in [1.165, 1.54) is 17.2 Å². The molecule has 1 amide bonds. The van der Waals surface area contributed by atoms with E-state index in [2.05, 4.69) is 28.9 Å². The fourth-order valence-corrected chi connectivity index (χ4v) is 8.17. The molecule has 22 nitrogen and oxygen atoms in total. The Kier molecular flexibility index (Phi) is 12.8. The van der Waals surface area contributed by atoms with Crippen molar-refractivity contribution < 1.29 is 79.0 Å². The number of nitrogens with zero attached hydrogens (tertiary/aromatic N) is 4. The number of anilines is 1. The van der Waals surface area contributed by atoms with E-state index in [9.17, 15) is 47.0 Å². The van der Waals surface area contributed by atoms with Gasteiger partial charge in [-0.1, -0.05) is 12.2 Å². The van der Waals surface area contributed by atoms with Gasteiger partial charge in [-0.25, -0.2) is 37.8 Å². The van der Waals surface area contributed by atoms with Gasteiger partial charge in [-0.05, 0) is 31.4 Å². The maximum atomic E-state index is 14.0. The number of hydrogen-bond donors (Lipinski definition) is 7. The van der Waals surface area contributed by atoms with E-state index in [1.807, 2.05) is 0 Å². The van der Waals surface area contributed by atoms with Crippen LogP contribution in [0.4, 0.5) is 14.6 Å². The monoisotopic (exact) mass is 826 g/mol. The minimum Gasteiger partial charge on any atom is -0.503 e. The number of halogens is 2. The molecule has 5 atom stereocenters. The first kappa shape index (κ1) is 41.1. The summed E-state index contributed by atoms with van der Waals surface area (Å²) in [6.07, 6.45) is 4.83. The number of hydrogen-bond acceptors (Lipinski definition) is 16. The molecule has 0 aliphatic carbocycles. The van der Waals surface area contributed by atoms with Crippen molar-refractivity contribution in [2.45, 2.75) is 44.1 Å². The second-order valence-electron chi connectivity index (χ2n) is 11.3. The Labute approximate surface area is 301 Å². The lowest BCUT2D eigenvalue weighted by Crippen LogP contribution is -2.29. The standard InChI is InChI=1S/C27H31F2N6O16P3/c28-16-9-14-8-15(27(38)49-23(14)20(29)22(16)36)26(37)31-6-4-2-1-3-5-7-46-17-10-19(35-13-34-21-24(30)32-12-33-25(21)35)48-18(17)11-47-53(42,43)51-54(44,45)50-52(39,40)41/h3,5,8-9,12-13,17-19,36H,1-2,4,6-7,10-11H2,(H,31,37)(H,42,43)(H,44,45)(H2,30,32,33)(H2,39,40,41)/b5-3+/t17-,18+,19+/m0/s1. The van der Waals surface area contributed by atoms with Crippen molar-refractivity contribution in [3.8, 4) is 5.75 Å². The predicted octanol–water partition coefficient (Wildman–Crippen LogP) is 2.67. The molecule has 0 radical (unpaired) electrons. The fraction of sp³-hybridized carbons (Fsp3) is 0.370. The van der Waals surface area contributed by atoms with Gasteiger partial charge in [-0.3, -0.25) is 13.9 Å². The number of phosphoric ester groups is 1. The number of carbonyl (C=O) groups excluding carboxylic acids is 1. The Bertz CT molecular complexity index is 2270. The van der Waals surface area contributed by atoms with Gasteiger partial charge >= 0.3 is 29.1 Å². The van der Waals surface area contributed by atoms with E-state index in [1.54, 1.807) is 12.2 Å². The highest BCUT2D eigenvalue weighted by Gasteiger charge is 2.43. The molecule has 0 saturated carbocycles. The molecule has 8 N–H and O–H groups in total. The first-order chi connectivity index (χ1) is 25.3. The molecule has 1 saturated heterocycles. The highest BCUT2D eigenvalue weighted by atomic mass is 31.3. The van der Waals surface area contributed by atoms with Crippen molar-refractivity contribution in [3.63, 3.8) is 0 Å². The molecule has 0 spiro atoms. The maximum Gasteiger partial charge on any atom is 0.490 e. The van der Waals surface area contributed by atoms with E-state index in [-0.39, 0.29) is 36.3 Å². The average molecular weight is 826 g/mol. The SMILES string of the molecule is Nc1ncnc2c1ncn2[C@H]1C[C@H](OC/C=C/CCCCNC(=O)c2cc3cc(F)c(O)c(F)c3oc2=O)[C@@H](COP(=O)(O)OP(=O)(O)OP(=O)(O)O)O1. The molecular weight excluding hydrogens is 795 g/mol. The summed E-state index contributed by atoms with van der Waals surface area (Å²) in [7, 11) is -16.8. The van der Waals surface area contributed by atoms with Crippen molar-refractivity contribution >= 4 is 57.3 Å². The minimum atomic E-state index is -5.75. The van der Waals surface area contributed by atoms with Crippen LogP contribution in [-0.4, -0.2) is 82.1 Å². The molecule has 0 bridgehead atoms. The second-order valence-corrected chi connectivity index (χ2v) is 15.7. The number of phosphoric acid groups is 3. The fourth-order valence-electron chi connectivity index (χ4n) is 5.14. The van der Waals surface area contributed by atoms with Crippen molar-refractivity contribution in [2.24, 2.45) is 0 Å². The van der Waals surface area contributed by atoms with Crippen molar-refractivity contribution in [1.82, 2.24) is 24.8 Å². The van der Waals surface area contributed by atoms with Crippen LogP contribution in [0.5, 0.6) is 5.75 Å². The van der Waals surface area contributed by atoms with E-state index >= 15 is 0 Å². The number of nitrogens with two attached hydrogens (primary N) is 1. The summed E-state index contributed by atoms with van der Waals surface area (Å²) in [5.74, 6) is -4.82. The van der Waals surface area contributed by atoms with Gasteiger partial charge in [0.15, 0.2) is 28.6 Å². The normalized spacial score (nSPS) is 20.1. The number of amides is 1. The first-order valence-electron chi connectivity index (χ1n) is 15.4. The van der Waals surface area contributed by atoms with E-state index in [0.29, 0.717) is 24.9 Å². The number of fused-ring (bicyclic) bond motifs is 2. The summed E-state index contributed by atoms with van der Waals surface area (Å²) in [6, 6.07) is 1.68. The molecule has 54 heavy (non-hydrogen) atoms. The number of imidazole rings is 1. The van der Waals surface area contributed by atoms with Gasteiger partial charge < -0.3 is 49.6 Å². The van der Waals surface area contributed by atoms with E-state index in [0.717, 1.165) is 12.1 Å². The molecule has 1 fully saturated rings. The van der Waals surface area contributed by atoms with Gasteiger partial charge in [0, 0.05) is 18.4 Å². The molecule has 3 aromatic heterocycles. The van der Waals surface area contributed by atoms with Gasteiger partial charge in [0.2, 0.25) is 5.82 Å². The number of aromatic hydroxyl groups is 1. The molecule has 2 unspecified atom stereocenters. The number of benzene rings is 1. The number of phenols is 1. The van der Waals surface area contributed by atoms with Crippen molar-refractivity contribution in [3.05, 3.63) is 64.6 Å². The number of phenolic OH excluding ortho intramolecular Hbond substituents is 1.